The number of hydrogen-bond acceptors (Lipinski definition) is 9. The lowest BCUT2D eigenvalue weighted by molar-refractivity contribution is -0.305. The Kier molecular flexibility index (Phi) is 44.9. The minimum atomic E-state index is -1.54. The van der Waals surface area contributed by atoms with Crippen LogP contribution in [0.25, 0.3) is 0 Å². The fourth-order valence-electron chi connectivity index (χ4n) is 8.46. The molecule has 1 saturated heterocycles. The Morgan fingerprint density at radius 1 is 0.492 bits per heavy atom. The molecular weight excluding hydrogens is 817 g/mol. The second-order valence-electron chi connectivity index (χ2n) is 19.0. The van der Waals surface area contributed by atoms with Gasteiger partial charge in [0.15, 0.2) is 6.29 Å². The maximum atomic E-state index is 12.8. The summed E-state index contributed by atoms with van der Waals surface area (Å²) in [5.74, 6) is -0.318. The van der Waals surface area contributed by atoms with Crippen molar-refractivity contribution in [1.82, 2.24) is 0 Å². The first-order valence-corrected chi connectivity index (χ1v) is 27.6. The van der Waals surface area contributed by atoms with Crippen LogP contribution >= 0.6 is 0 Å². The van der Waals surface area contributed by atoms with Gasteiger partial charge in [-0.25, -0.2) is 0 Å². The third-order valence-corrected chi connectivity index (χ3v) is 12.8. The average Bonchev–Trinajstić information content (AvgIpc) is 3.31. The second kappa shape index (κ2) is 47.5. The Bertz CT molecular complexity index is 1090. The number of ether oxygens (including phenoxy) is 4. The molecule has 6 atom stereocenters. The summed E-state index contributed by atoms with van der Waals surface area (Å²) in [6.45, 7) is 4.57. The smallest absolute Gasteiger partial charge is 0.306 e. The maximum absolute atomic E-state index is 12.8. The van der Waals surface area contributed by atoms with Gasteiger partial charge in [-0.15, -0.1) is 0 Å². The molecule has 0 aromatic heterocycles. The maximum Gasteiger partial charge on any atom is 0.306 e. The molecule has 0 saturated carbocycles. The van der Waals surface area contributed by atoms with Crippen molar-refractivity contribution in [3.05, 3.63) is 36.5 Å². The second-order valence-corrected chi connectivity index (χ2v) is 19.0. The van der Waals surface area contributed by atoms with E-state index in [1.807, 2.05) is 0 Å². The number of esters is 1. The Morgan fingerprint density at radius 2 is 0.892 bits per heavy atom. The van der Waals surface area contributed by atoms with Gasteiger partial charge in [0.25, 0.3) is 0 Å². The summed E-state index contributed by atoms with van der Waals surface area (Å²) in [5, 5.41) is 40.3. The molecule has 1 aliphatic heterocycles. The van der Waals surface area contributed by atoms with Crippen LogP contribution in [0.15, 0.2) is 36.5 Å². The first-order valence-electron chi connectivity index (χ1n) is 27.6. The minimum absolute atomic E-state index is 0.115. The van der Waals surface area contributed by atoms with E-state index < -0.39 is 43.4 Å². The lowest BCUT2D eigenvalue weighted by Gasteiger charge is -2.39. The first kappa shape index (κ1) is 61.4. The van der Waals surface area contributed by atoms with E-state index in [2.05, 4.69) is 50.3 Å². The van der Waals surface area contributed by atoms with Crippen LogP contribution in [-0.4, -0.2) is 89.6 Å². The molecule has 382 valence electrons. The number of aliphatic hydroxyl groups excluding tert-OH is 4. The number of hydrogen-bond donors (Lipinski definition) is 4. The highest BCUT2D eigenvalue weighted by Crippen LogP contribution is 2.23. The highest BCUT2D eigenvalue weighted by atomic mass is 16.7. The van der Waals surface area contributed by atoms with Gasteiger partial charge in [-0.1, -0.05) is 211 Å². The zero-order valence-electron chi connectivity index (χ0n) is 42.2. The lowest BCUT2D eigenvalue weighted by Crippen LogP contribution is -2.59. The van der Waals surface area contributed by atoms with Gasteiger partial charge in [0.2, 0.25) is 0 Å². The molecule has 65 heavy (non-hydrogen) atoms. The Balaban J connectivity index is 2.16. The van der Waals surface area contributed by atoms with Gasteiger partial charge < -0.3 is 39.4 Å². The van der Waals surface area contributed by atoms with Crippen LogP contribution in [-0.2, 0) is 23.7 Å². The number of rotatable bonds is 48. The lowest BCUT2D eigenvalue weighted by atomic mass is 9.99. The largest absolute Gasteiger partial charge is 0.457 e. The van der Waals surface area contributed by atoms with Gasteiger partial charge in [-0.2, -0.15) is 0 Å². The molecule has 9 nitrogen and oxygen atoms in total. The Morgan fingerprint density at radius 3 is 1.35 bits per heavy atom. The Labute approximate surface area is 400 Å². The van der Waals surface area contributed by atoms with Crippen LogP contribution in [0.5, 0.6) is 0 Å². The quantitative estimate of drug-likeness (QED) is 0.0267. The summed E-state index contributed by atoms with van der Waals surface area (Å²) >= 11 is 0. The highest BCUT2D eigenvalue weighted by Gasteiger charge is 2.44. The summed E-state index contributed by atoms with van der Waals surface area (Å²) in [6.07, 6.45) is 51.8. The highest BCUT2D eigenvalue weighted by molar-refractivity contribution is 5.69. The molecule has 0 radical (unpaired) electrons. The van der Waals surface area contributed by atoms with Gasteiger partial charge in [0.05, 0.1) is 19.8 Å². The van der Waals surface area contributed by atoms with E-state index in [0.717, 1.165) is 44.9 Å². The van der Waals surface area contributed by atoms with Crippen molar-refractivity contribution in [3.8, 4) is 0 Å². The van der Waals surface area contributed by atoms with Crippen molar-refractivity contribution in [1.29, 1.82) is 0 Å². The van der Waals surface area contributed by atoms with Crippen LogP contribution in [0.2, 0.25) is 0 Å². The monoisotopic (exact) mass is 921 g/mol. The molecular formula is C56H104O9. The van der Waals surface area contributed by atoms with Crippen LogP contribution < -0.4 is 0 Å². The SMILES string of the molecule is CCCCCC/C=C\C/C=C\CCCCCCCCCC(=O)OC(COCCCCCCCCCCCCCC/C=C\CCCCCCCCCC)COC1OC(CO)C(O)C(O)C1O. The predicted octanol–water partition coefficient (Wildman–Crippen LogP) is 13.9. The summed E-state index contributed by atoms with van der Waals surface area (Å²) in [5.41, 5.74) is 0. The van der Waals surface area contributed by atoms with Crippen molar-refractivity contribution in [2.45, 2.75) is 288 Å². The molecule has 1 aliphatic rings. The summed E-state index contributed by atoms with van der Waals surface area (Å²) in [6, 6.07) is 0. The molecule has 0 amide bonds. The fourth-order valence-corrected chi connectivity index (χ4v) is 8.46. The van der Waals surface area contributed by atoms with E-state index in [9.17, 15) is 25.2 Å². The predicted molar refractivity (Wildman–Crippen MR) is 270 cm³/mol. The van der Waals surface area contributed by atoms with Gasteiger partial charge in [0, 0.05) is 13.0 Å². The van der Waals surface area contributed by atoms with Gasteiger partial charge in [0.1, 0.15) is 30.5 Å². The minimum Gasteiger partial charge on any atom is -0.457 e. The molecule has 0 aromatic rings. The van der Waals surface area contributed by atoms with E-state index in [-0.39, 0.29) is 19.2 Å². The van der Waals surface area contributed by atoms with Crippen molar-refractivity contribution < 1.29 is 44.2 Å². The molecule has 0 aliphatic carbocycles. The molecule has 6 unspecified atom stereocenters. The Hall–Kier alpha value is -1.59. The summed E-state index contributed by atoms with van der Waals surface area (Å²) < 4.78 is 22.9. The van der Waals surface area contributed by atoms with E-state index >= 15 is 0 Å². The number of carbonyl (C=O) groups is 1. The van der Waals surface area contributed by atoms with Gasteiger partial charge in [-0.3, -0.25) is 4.79 Å². The molecule has 4 N–H and O–H groups in total. The van der Waals surface area contributed by atoms with E-state index in [4.69, 9.17) is 18.9 Å². The fraction of sp³-hybridized carbons (Fsp3) is 0.875. The standard InChI is InChI=1S/C56H104O9/c1-3-5-7-9-11-13-15-17-19-21-23-24-25-26-27-28-30-32-34-36-38-40-42-44-46-62-48-50(49-63-56-55(61)54(60)53(59)51(47-57)65-56)64-52(58)45-43-41-39-37-35-33-31-29-22-20-18-16-14-12-10-8-6-4-2/h14,16,20-23,50-51,53-57,59-61H,3-13,15,17-19,24-49H2,1-2H3/b16-14-,22-20-,23-21-. The summed E-state index contributed by atoms with van der Waals surface area (Å²) in [7, 11) is 0. The number of aliphatic hydroxyl groups is 4. The normalized spacial score (nSPS) is 19.6. The number of carbonyl (C=O) groups excluding carboxylic acids is 1. The molecule has 1 fully saturated rings. The first-order chi connectivity index (χ1) is 31.9. The molecule has 9 heteroatoms. The van der Waals surface area contributed by atoms with Crippen LogP contribution in [0.4, 0.5) is 0 Å². The van der Waals surface area contributed by atoms with Crippen molar-refractivity contribution in [3.63, 3.8) is 0 Å². The molecule has 0 spiro atoms. The van der Waals surface area contributed by atoms with E-state index in [1.54, 1.807) is 0 Å². The molecule has 0 aromatic carbocycles. The van der Waals surface area contributed by atoms with Gasteiger partial charge >= 0.3 is 5.97 Å². The van der Waals surface area contributed by atoms with Gasteiger partial charge in [-0.05, 0) is 70.6 Å². The van der Waals surface area contributed by atoms with Crippen LogP contribution in [0, 0.1) is 0 Å². The van der Waals surface area contributed by atoms with Crippen molar-refractivity contribution >= 4 is 5.97 Å². The topological polar surface area (TPSA) is 135 Å². The average molecular weight is 921 g/mol. The molecule has 1 heterocycles. The zero-order chi connectivity index (χ0) is 47.1. The zero-order valence-corrected chi connectivity index (χ0v) is 42.2. The summed E-state index contributed by atoms with van der Waals surface area (Å²) in [4.78, 5) is 12.8. The van der Waals surface area contributed by atoms with E-state index in [1.165, 1.54) is 186 Å². The van der Waals surface area contributed by atoms with Crippen molar-refractivity contribution in [2.75, 3.05) is 26.4 Å². The number of allylic oxidation sites excluding steroid dienone is 6. The number of unbranched alkanes of at least 4 members (excludes halogenated alkanes) is 31. The third-order valence-electron chi connectivity index (χ3n) is 12.8. The van der Waals surface area contributed by atoms with E-state index in [0.29, 0.717) is 13.0 Å². The van der Waals surface area contributed by atoms with Crippen LogP contribution in [0.3, 0.4) is 0 Å². The third kappa shape index (κ3) is 38.0. The van der Waals surface area contributed by atoms with Crippen LogP contribution in [0.1, 0.15) is 251 Å². The van der Waals surface area contributed by atoms with Crippen molar-refractivity contribution in [2.24, 2.45) is 0 Å². The molecule has 0 bridgehead atoms. The molecule has 1 rings (SSSR count).